The molecule has 0 saturated heterocycles. The van der Waals surface area contributed by atoms with Gasteiger partial charge in [0.05, 0.1) is 17.5 Å². The molecule has 0 unspecified atom stereocenters. The predicted octanol–water partition coefficient (Wildman–Crippen LogP) is 0.501. The fourth-order valence-electron chi connectivity index (χ4n) is 2.62. The molecule has 0 aromatic carbocycles. The van der Waals surface area contributed by atoms with Crippen LogP contribution in [0.15, 0.2) is 35.2 Å². The maximum atomic E-state index is 12.2. The molecule has 1 aliphatic carbocycles. The zero-order chi connectivity index (χ0) is 18.1. The van der Waals surface area contributed by atoms with Crippen LogP contribution >= 0.6 is 0 Å². The first kappa shape index (κ1) is 16.5. The number of aromatic amines is 1. The van der Waals surface area contributed by atoms with Crippen molar-refractivity contribution in [2.45, 2.75) is 32.1 Å². The van der Waals surface area contributed by atoms with Gasteiger partial charge in [-0.25, -0.2) is 14.8 Å². The standard InChI is InChI=1S/C16H16F2N6O2/c17-16(18)26-14-6-13(22-23-14)20-12-4-2-1-3-9-7-19-24(15(9)21-12)8-10-5-11(10)25/h1,4,6-7,10-11,16,25H,2,5,8H2,(H2,20,22,23)/b12-4-,21-15+/t3?,10-,11+/m1/s1. The largest absolute Gasteiger partial charge is 0.417 e. The fourth-order valence-corrected chi connectivity index (χ4v) is 2.62. The highest BCUT2D eigenvalue weighted by Crippen LogP contribution is 2.30. The first-order chi connectivity index (χ1) is 12.6. The highest BCUT2D eigenvalue weighted by molar-refractivity contribution is 5.43. The molecule has 3 heterocycles. The number of H-pyrrole nitrogens is 1. The van der Waals surface area contributed by atoms with E-state index < -0.39 is 6.61 Å². The second-order valence-corrected chi connectivity index (χ2v) is 6.03. The molecule has 1 fully saturated rings. The molecule has 26 heavy (non-hydrogen) atoms. The maximum absolute atomic E-state index is 12.2. The number of hydrogen-bond acceptors (Lipinski definition) is 6. The van der Waals surface area contributed by atoms with Crippen LogP contribution in [0.1, 0.15) is 12.8 Å². The lowest BCUT2D eigenvalue weighted by molar-refractivity contribution is -0.0528. The number of nitrogens with zero attached hydrogens (tertiary/aromatic N) is 4. The zero-order valence-electron chi connectivity index (χ0n) is 13.6. The number of ether oxygens (including phenoxy) is 1. The molecule has 136 valence electrons. The number of aromatic nitrogens is 4. The van der Waals surface area contributed by atoms with E-state index in [4.69, 9.17) is 0 Å². The number of alkyl halides is 2. The van der Waals surface area contributed by atoms with Crippen LogP contribution in [0, 0.1) is 5.92 Å². The summed E-state index contributed by atoms with van der Waals surface area (Å²) in [5.41, 5.74) is 3.75. The van der Waals surface area contributed by atoms with Crippen LogP contribution in [0.25, 0.3) is 5.73 Å². The molecule has 10 heteroatoms. The summed E-state index contributed by atoms with van der Waals surface area (Å²) in [6.07, 6.45) is 6.41. The molecule has 8 nitrogen and oxygen atoms in total. The summed E-state index contributed by atoms with van der Waals surface area (Å²) in [6.45, 7) is -2.35. The van der Waals surface area contributed by atoms with Gasteiger partial charge in [-0.2, -0.15) is 19.0 Å². The minimum Gasteiger partial charge on any atom is -0.417 e. The van der Waals surface area contributed by atoms with Crippen molar-refractivity contribution in [1.29, 1.82) is 0 Å². The lowest BCUT2D eigenvalue weighted by Crippen LogP contribution is -2.31. The lowest BCUT2D eigenvalue weighted by Gasteiger charge is -2.05. The van der Waals surface area contributed by atoms with E-state index in [1.54, 1.807) is 10.9 Å². The van der Waals surface area contributed by atoms with Gasteiger partial charge in [0.15, 0.2) is 11.3 Å². The number of anilines is 1. The van der Waals surface area contributed by atoms with Crippen molar-refractivity contribution in [3.8, 4) is 5.88 Å². The fraction of sp³-hybridized carbons (Fsp3) is 0.375. The molecule has 4 rings (SSSR count). The Morgan fingerprint density at radius 1 is 1.50 bits per heavy atom. The molecular formula is C16H16F2N6O2. The SMILES string of the molecule is O[C@H]1C[C@@H]1Cn1ncc2/c1=N\C(Nc1cc(OC(F)F)[nH]n1)=C/CC=C=2. The number of hydrogen-bond donors (Lipinski definition) is 3. The summed E-state index contributed by atoms with van der Waals surface area (Å²) < 4.78 is 30.5. The Labute approximate surface area is 146 Å². The lowest BCUT2D eigenvalue weighted by atomic mass is 10.3. The minimum absolute atomic E-state index is 0.143. The second-order valence-electron chi connectivity index (χ2n) is 6.03. The molecule has 1 aliphatic heterocycles. The molecule has 0 radical (unpaired) electrons. The smallest absolute Gasteiger partial charge is 0.388 e. The summed E-state index contributed by atoms with van der Waals surface area (Å²) in [4.78, 5) is 4.57. The molecule has 0 spiro atoms. The summed E-state index contributed by atoms with van der Waals surface area (Å²) in [5, 5.41) is 23.8. The van der Waals surface area contributed by atoms with Crippen LogP contribution in [0.4, 0.5) is 14.6 Å². The average molecular weight is 362 g/mol. The number of fused-ring (bicyclic) bond motifs is 1. The quantitative estimate of drug-likeness (QED) is 0.695. The summed E-state index contributed by atoms with van der Waals surface area (Å²) >= 11 is 0. The van der Waals surface area contributed by atoms with Crippen LogP contribution in [0.2, 0.25) is 0 Å². The van der Waals surface area contributed by atoms with Crippen molar-refractivity contribution in [2.75, 3.05) is 5.32 Å². The molecule has 0 amide bonds. The molecule has 2 atom stereocenters. The molecular weight excluding hydrogens is 346 g/mol. The van der Waals surface area contributed by atoms with Gasteiger partial charge in [0.2, 0.25) is 5.88 Å². The van der Waals surface area contributed by atoms with Crippen LogP contribution in [-0.4, -0.2) is 37.8 Å². The third-order valence-electron chi connectivity index (χ3n) is 4.04. The maximum Gasteiger partial charge on any atom is 0.388 e. The molecule has 2 aromatic rings. The number of halogens is 2. The van der Waals surface area contributed by atoms with E-state index in [9.17, 15) is 13.9 Å². The van der Waals surface area contributed by atoms with E-state index in [2.05, 4.69) is 36.1 Å². The van der Waals surface area contributed by atoms with E-state index in [-0.39, 0.29) is 17.9 Å². The Morgan fingerprint density at radius 2 is 2.35 bits per heavy atom. The summed E-state index contributed by atoms with van der Waals surface area (Å²) in [7, 11) is 0. The Kier molecular flexibility index (Phi) is 4.27. The van der Waals surface area contributed by atoms with Crippen molar-refractivity contribution < 1.29 is 18.6 Å². The van der Waals surface area contributed by atoms with Crippen LogP contribution < -0.4 is 20.8 Å². The van der Waals surface area contributed by atoms with Gasteiger partial charge in [-0.15, -0.1) is 5.73 Å². The van der Waals surface area contributed by atoms with Gasteiger partial charge in [0.25, 0.3) is 0 Å². The van der Waals surface area contributed by atoms with Crippen molar-refractivity contribution in [2.24, 2.45) is 10.9 Å². The number of allylic oxidation sites excluding steroid dienone is 2. The minimum atomic E-state index is -2.93. The van der Waals surface area contributed by atoms with E-state index in [1.165, 1.54) is 6.07 Å². The van der Waals surface area contributed by atoms with Gasteiger partial charge >= 0.3 is 6.61 Å². The third-order valence-corrected chi connectivity index (χ3v) is 4.04. The first-order valence-electron chi connectivity index (χ1n) is 8.09. The zero-order valence-corrected chi connectivity index (χ0v) is 13.6. The third kappa shape index (κ3) is 3.66. The normalized spacial score (nSPS) is 24.5. The Bertz CT molecular complexity index is 989. The highest BCUT2D eigenvalue weighted by Gasteiger charge is 2.35. The van der Waals surface area contributed by atoms with Crippen molar-refractivity contribution in [3.63, 3.8) is 0 Å². The van der Waals surface area contributed by atoms with Gasteiger partial charge in [-0.05, 0) is 25.0 Å². The van der Waals surface area contributed by atoms with Gasteiger partial charge in [0, 0.05) is 18.5 Å². The Balaban J connectivity index is 1.60. The van der Waals surface area contributed by atoms with E-state index in [1.807, 2.05) is 12.2 Å². The number of nitrogens with one attached hydrogen (secondary N) is 2. The second kappa shape index (κ2) is 6.74. The number of aliphatic hydroxyl groups is 1. The molecule has 2 aromatic heterocycles. The van der Waals surface area contributed by atoms with Gasteiger partial charge in [0.1, 0.15) is 5.82 Å². The predicted molar refractivity (Wildman–Crippen MR) is 86.6 cm³/mol. The topological polar surface area (TPSA) is 100 Å². The number of aliphatic hydroxyl groups excluding tert-OH is 1. The van der Waals surface area contributed by atoms with Crippen molar-refractivity contribution >= 4 is 11.5 Å². The van der Waals surface area contributed by atoms with Crippen LogP contribution in [-0.2, 0) is 6.54 Å². The van der Waals surface area contributed by atoms with Crippen LogP contribution in [0.5, 0.6) is 5.88 Å². The highest BCUT2D eigenvalue weighted by atomic mass is 19.3. The molecule has 0 bridgehead atoms. The van der Waals surface area contributed by atoms with E-state index in [0.29, 0.717) is 30.1 Å². The Morgan fingerprint density at radius 3 is 3.12 bits per heavy atom. The van der Waals surface area contributed by atoms with Gasteiger partial charge in [-0.1, -0.05) is 0 Å². The van der Waals surface area contributed by atoms with Crippen molar-refractivity contribution in [1.82, 2.24) is 20.0 Å². The average Bonchev–Trinajstić information content (AvgIpc) is 2.92. The molecule has 1 saturated carbocycles. The van der Waals surface area contributed by atoms with E-state index >= 15 is 0 Å². The van der Waals surface area contributed by atoms with Crippen LogP contribution in [0.3, 0.4) is 0 Å². The molecule has 2 aliphatic rings. The first-order valence-corrected chi connectivity index (χ1v) is 8.09. The Hall–Kier alpha value is -2.97. The number of rotatable bonds is 6. The molecule has 3 N–H and O–H groups in total. The summed E-state index contributed by atoms with van der Waals surface area (Å²) in [6, 6.07) is 1.32. The summed E-state index contributed by atoms with van der Waals surface area (Å²) in [5.74, 6) is 0.839. The monoisotopic (exact) mass is 362 g/mol. The van der Waals surface area contributed by atoms with Gasteiger partial charge in [-0.3, -0.25) is 0 Å². The van der Waals surface area contributed by atoms with E-state index in [0.717, 1.165) is 11.6 Å². The van der Waals surface area contributed by atoms with Crippen molar-refractivity contribution in [3.05, 3.63) is 40.9 Å². The van der Waals surface area contributed by atoms with Gasteiger partial charge < -0.3 is 15.2 Å².